The van der Waals surface area contributed by atoms with Gasteiger partial charge in [0.05, 0.1) is 8.80 Å². The quantitative estimate of drug-likeness (QED) is 0.571. The fraction of sp³-hybridized carbons (Fsp3) is 0.692. The Morgan fingerprint density at radius 2 is 1.53 bits per heavy atom. The molecule has 0 saturated heterocycles. The van der Waals surface area contributed by atoms with E-state index >= 15 is 0 Å². The number of allylic oxidation sites excluding steroid dienone is 3. The minimum Gasteiger partial charge on any atom is -0.386 e. The molecule has 0 unspecified atom stereocenters. The molecule has 0 aromatic heterocycles. The first kappa shape index (κ1) is 14.5. The Labute approximate surface area is 97.3 Å². The third-order valence-electron chi connectivity index (χ3n) is 2.26. The first-order chi connectivity index (χ1) is 6.65. The van der Waals surface area contributed by atoms with Crippen LogP contribution in [0.3, 0.4) is 0 Å². The molecule has 0 aliphatic rings. The van der Waals surface area contributed by atoms with Crippen LogP contribution in [0.1, 0.15) is 41.5 Å². The Balaban J connectivity index is 4.83. The van der Waals surface area contributed by atoms with Crippen LogP contribution in [0, 0.1) is 0 Å². The van der Waals surface area contributed by atoms with Crippen LogP contribution < -0.4 is 5.32 Å². The topological polar surface area (TPSA) is 12.0 Å². The maximum atomic E-state index is 3.44. The fourth-order valence-electron chi connectivity index (χ4n) is 1.83. The lowest BCUT2D eigenvalue weighted by Crippen LogP contribution is -2.31. The molecule has 0 aromatic rings. The van der Waals surface area contributed by atoms with E-state index in [4.69, 9.17) is 0 Å². The molecule has 88 valence electrons. The van der Waals surface area contributed by atoms with Crippen molar-refractivity contribution in [3.05, 3.63) is 22.5 Å². The Morgan fingerprint density at radius 3 is 1.80 bits per heavy atom. The van der Waals surface area contributed by atoms with Crippen LogP contribution in [-0.4, -0.2) is 14.3 Å². The molecule has 0 bridgehead atoms. The summed E-state index contributed by atoms with van der Waals surface area (Å²) in [4.78, 5) is 0. The van der Waals surface area contributed by atoms with Gasteiger partial charge in [-0.2, -0.15) is 0 Å². The molecule has 0 fully saturated rings. The van der Waals surface area contributed by atoms with Gasteiger partial charge in [0, 0.05) is 5.54 Å². The summed E-state index contributed by atoms with van der Waals surface area (Å²) in [5.41, 5.74) is 3.04. The summed E-state index contributed by atoms with van der Waals surface area (Å²) in [7, 11) is -0.715. The van der Waals surface area contributed by atoms with Gasteiger partial charge in [0.1, 0.15) is 0 Å². The van der Waals surface area contributed by atoms with E-state index in [9.17, 15) is 0 Å². The number of rotatable bonds is 3. The second kappa shape index (κ2) is 5.55. The second-order valence-electron chi connectivity index (χ2n) is 5.79. The molecular weight excluding hydrogens is 198 g/mol. The summed E-state index contributed by atoms with van der Waals surface area (Å²) < 4.78 is 0. The second-order valence-corrected chi connectivity index (χ2v) is 8.68. The molecule has 15 heavy (non-hydrogen) atoms. The lowest BCUT2D eigenvalue weighted by atomic mass is 10.1. The highest BCUT2D eigenvalue weighted by Gasteiger charge is 2.10. The van der Waals surface area contributed by atoms with E-state index in [1.807, 2.05) is 0 Å². The predicted molar refractivity (Wildman–Crippen MR) is 73.9 cm³/mol. The summed E-state index contributed by atoms with van der Waals surface area (Å²) >= 11 is 0. The average Bonchev–Trinajstić information content (AvgIpc) is 1.97. The van der Waals surface area contributed by atoms with Gasteiger partial charge in [0.2, 0.25) is 0 Å². The normalized spacial score (nSPS) is 13.0. The Bertz CT molecular complexity index is 263. The number of hydrogen-bond acceptors (Lipinski definition) is 1. The summed E-state index contributed by atoms with van der Waals surface area (Å²) in [6, 6.07) is 0. The standard InChI is InChI=1S/C13H27NSi/c1-10(2)12(15(7)8)11(3)9-14-13(4,5)6/h9,14-15H,1-8H3. The Hall–Kier alpha value is -0.503. The molecular formula is C13H27NSi. The molecule has 0 radical (unpaired) electrons. The van der Waals surface area contributed by atoms with Gasteiger partial charge >= 0.3 is 0 Å². The Morgan fingerprint density at radius 1 is 1.07 bits per heavy atom. The molecule has 1 nitrogen and oxygen atoms in total. The zero-order valence-corrected chi connectivity index (χ0v) is 12.8. The first-order valence-corrected chi connectivity index (χ1v) is 8.66. The van der Waals surface area contributed by atoms with Gasteiger partial charge in [-0.15, -0.1) is 0 Å². The van der Waals surface area contributed by atoms with Gasteiger partial charge in [-0.05, 0) is 53.3 Å². The summed E-state index contributed by atoms with van der Waals surface area (Å²) in [6.07, 6.45) is 2.18. The highest BCUT2D eigenvalue weighted by atomic mass is 28.3. The van der Waals surface area contributed by atoms with Crippen molar-refractivity contribution < 1.29 is 0 Å². The maximum Gasteiger partial charge on any atom is 0.0650 e. The highest BCUT2D eigenvalue weighted by molar-refractivity contribution is 6.65. The molecule has 0 aliphatic heterocycles. The largest absolute Gasteiger partial charge is 0.386 e. The van der Waals surface area contributed by atoms with Crippen LogP contribution in [-0.2, 0) is 0 Å². The fourth-order valence-corrected chi connectivity index (χ4v) is 3.98. The van der Waals surface area contributed by atoms with Crippen LogP contribution in [0.2, 0.25) is 13.1 Å². The van der Waals surface area contributed by atoms with Gasteiger partial charge in [-0.1, -0.05) is 23.9 Å². The molecule has 0 amide bonds. The zero-order chi connectivity index (χ0) is 12.2. The van der Waals surface area contributed by atoms with Crippen molar-refractivity contribution in [1.29, 1.82) is 0 Å². The summed E-state index contributed by atoms with van der Waals surface area (Å²) in [6.45, 7) is 18.0. The van der Waals surface area contributed by atoms with Gasteiger partial charge in [-0.25, -0.2) is 0 Å². The molecule has 0 heterocycles. The number of nitrogens with one attached hydrogen (secondary N) is 1. The maximum absolute atomic E-state index is 3.44. The third kappa shape index (κ3) is 5.83. The molecule has 0 aromatic carbocycles. The van der Waals surface area contributed by atoms with Crippen LogP contribution in [0.4, 0.5) is 0 Å². The van der Waals surface area contributed by atoms with Crippen molar-refractivity contribution in [2.75, 3.05) is 0 Å². The SMILES string of the molecule is CC(=CNC(C)(C)C)C(=C(C)C)[SiH](C)C. The van der Waals surface area contributed by atoms with Crippen molar-refractivity contribution in [3.63, 3.8) is 0 Å². The van der Waals surface area contributed by atoms with E-state index in [0.29, 0.717) is 0 Å². The Kier molecular flexibility index (Phi) is 5.36. The van der Waals surface area contributed by atoms with Crippen molar-refractivity contribution in [2.45, 2.75) is 60.2 Å². The van der Waals surface area contributed by atoms with Crippen LogP contribution in [0.5, 0.6) is 0 Å². The smallest absolute Gasteiger partial charge is 0.0650 e. The van der Waals surface area contributed by atoms with Crippen molar-refractivity contribution >= 4 is 8.80 Å². The number of hydrogen-bond donors (Lipinski definition) is 1. The lowest BCUT2D eigenvalue weighted by Gasteiger charge is -2.21. The van der Waals surface area contributed by atoms with Crippen molar-refractivity contribution in [1.82, 2.24) is 5.32 Å². The monoisotopic (exact) mass is 225 g/mol. The van der Waals surface area contributed by atoms with Crippen LogP contribution >= 0.6 is 0 Å². The van der Waals surface area contributed by atoms with E-state index in [0.717, 1.165) is 0 Å². The minimum absolute atomic E-state index is 0.159. The van der Waals surface area contributed by atoms with Crippen molar-refractivity contribution in [2.24, 2.45) is 0 Å². The molecule has 0 saturated carbocycles. The first-order valence-electron chi connectivity index (χ1n) is 5.77. The van der Waals surface area contributed by atoms with Crippen LogP contribution in [0.25, 0.3) is 0 Å². The molecule has 0 rings (SSSR count). The van der Waals surface area contributed by atoms with Crippen molar-refractivity contribution in [3.8, 4) is 0 Å². The zero-order valence-electron chi connectivity index (χ0n) is 11.7. The van der Waals surface area contributed by atoms with Gasteiger partial charge in [-0.3, -0.25) is 0 Å². The van der Waals surface area contributed by atoms with Crippen LogP contribution in [0.15, 0.2) is 22.5 Å². The molecule has 0 aliphatic carbocycles. The van der Waals surface area contributed by atoms with E-state index in [2.05, 4.69) is 66.2 Å². The molecule has 0 spiro atoms. The van der Waals surface area contributed by atoms with E-state index < -0.39 is 8.80 Å². The van der Waals surface area contributed by atoms with Gasteiger partial charge in [0.15, 0.2) is 0 Å². The van der Waals surface area contributed by atoms with E-state index in [1.165, 1.54) is 11.1 Å². The summed E-state index contributed by atoms with van der Waals surface area (Å²) in [5, 5.41) is 5.04. The lowest BCUT2D eigenvalue weighted by molar-refractivity contribution is 0.490. The highest BCUT2D eigenvalue weighted by Crippen LogP contribution is 2.17. The predicted octanol–water partition coefficient (Wildman–Crippen LogP) is 3.64. The molecule has 2 heteroatoms. The van der Waals surface area contributed by atoms with Gasteiger partial charge in [0.25, 0.3) is 0 Å². The average molecular weight is 225 g/mol. The van der Waals surface area contributed by atoms with E-state index in [1.54, 1.807) is 5.20 Å². The molecule has 1 N–H and O–H groups in total. The van der Waals surface area contributed by atoms with Gasteiger partial charge < -0.3 is 5.32 Å². The minimum atomic E-state index is -0.715. The molecule has 0 atom stereocenters. The third-order valence-corrected chi connectivity index (χ3v) is 4.45. The summed E-state index contributed by atoms with van der Waals surface area (Å²) in [5.74, 6) is 0. The van der Waals surface area contributed by atoms with E-state index in [-0.39, 0.29) is 5.54 Å².